The van der Waals surface area contributed by atoms with Crippen molar-refractivity contribution in [2.24, 2.45) is 0 Å². The third kappa shape index (κ3) is 30.1. The molecule has 0 heterocycles. The minimum absolute atomic E-state index is 0.0228. The van der Waals surface area contributed by atoms with E-state index in [4.69, 9.17) is 55.1 Å². The van der Waals surface area contributed by atoms with E-state index in [1.807, 2.05) is 55.4 Å². The van der Waals surface area contributed by atoms with Gasteiger partial charge in [-0.25, -0.2) is 0 Å². The van der Waals surface area contributed by atoms with Gasteiger partial charge in [0.25, 0.3) is 0 Å². The van der Waals surface area contributed by atoms with Crippen LogP contribution in [0.2, 0.25) is 0 Å². The van der Waals surface area contributed by atoms with E-state index in [0.717, 1.165) is 25.7 Å². The van der Waals surface area contributed by atoms with Crippen LogP contribution in [0.1, 0.15) is 81.1 Å². The Morgan fingerprint density at radius 1 is 0.333 bits per heavy atom. The van der Waals surface area contributed by atoms with Crippen LogP contribution in [0.25, 0.3) is 0 Å². The van der Waals surface area contributed by atoms with E-state index in [1.54, 1.807) is 0 Å². The Hall–Kier alpha value is 0.440. The lowest BCUT2D eigenvalue weighted by Crippen LogP contribution is -2.09. The molecule has 0 saturated carbocycles. The average molecular weight is 785 g/mol. The molecule has 20 heteroatoms. The van der Waals surface area contributed by atoms with E-state index in [2.05, 4.69) is 0 Å². The van der Waals surface area contributed by atoms with E-state index in [9.17, 15) is 18.3 Å². The standard InChI is InChI=1S/4C7H17O4P/c4*1-5-7(2)11-6-12(8,9-3)10-4/h4*7H,5-6H2,1-4H3/t4*7-/m1100/s1. The molecule has 0 fully saturated rings. The summed E-state index contributed by atoms with van der Waals surface area (Å²) in [5.41, 5.74) is 0. The second-order valence-corrected chi connectivity index (χ2v) is 18.8. The highest BCUT2D eigenvalue weighted by Gasteiger charge is 2.24. The van der Waals surface area contributed by atoms with Crippen molar-refractivity contribution in [2.45, 2.75) is 105 Å². The molecule has 0 amide bonds. The first-order valence-electron chi connectivity index (χ1n) is 15.6. The largest absolute Gasteiger partial charge is 0.366 e. The fourth-order valence-electron chi connectivity index (χ4n) is 2.07. The van der Waals surface area contributed by atoms with Gasteiger partial charge in [0.05, 0.1) is 24.4 Å². The predicted molar refractivity (Wildman–Crippen MR) is 189 cm³/mol. The van der Waals surface area contributed by atoms with E-state index in [1.165, 1.54) is 56.9 Å². The fraction of sp³-hybridized carbons (Fsp3) is 1.00. The van der Waals surface area contributed by atoms with Crippen LogP contribution in [0.5, 0.6) is 0 Å². The van der Waals surface area contributed by atoms with E-state index < -0.39 is 30.4 Å². The molecule has 0 aromatic carbocycles. The SMILES string of the molecule is CC[C@@H](C)OCP(=O)(OC)OC.CC[C@@H](C)OCP(=O)(OC)OC.CC[C@H](C)OCP(=O)(OC)OC.CC[C@H](C)OCP(=O)(OC)OC. The second kappa shape index (κ2) is 32.1. The minimum Gasteiger partial charge on any atom is -0.366 e. The molecular formula is C28H68O16P4. The lowest BCUT2D eigenvalue weighted by atomic mass is 10.3. The van der Waals surface area contributed by atoms with Crippen molar-refractivity contribution < 1.29 is 73.4 Å². The van der Waals surface area contributed by atoms with Crippen molar-refractivity contribution in [3.8, 4) is 0 Å². The molecule has 0 aliphatic carbocycles. The molecule has 0 aromatic heterocycles. The molecule has 0 aliphatic rings. The minimum atomic E-state index is -2.97. The molecule has 296 valence electrons. The highest BCUT2D eigenvalue weighted by atomic mass is 31.2. The van der Waals surface area contributed by atoms with Gasteiger partial charge in [-0.3, -0.25) is 18.3 Å². The summed E-state index contributed by atoms with van der Waals surface area (Å²) in [4.78, 5) is 0. The molecule has 0 saturated heterocycles. The zero-order valence-corrected chi connectivity index (χ0v) is 35.9. The van der Waals surface area contributed by atoms with Gasteiger partial charge in [-0.1, -0.05) is 27.7 Å². The maximum atomic E-state index is 11.4. The monoisotopic (exact) mass is 784 g/mol. The van der Waals surface area contributed by atoms with Gasteiger partial charge in [0.2, 0.25) is 0 Å². The van der Waals surface area contributed by atoms with Gasteiger partial charge in [0, 0.05) is 56.9 Å². The van der Waals surface area contributed by atoms with Gasteiger partial charge in [0.1, 0.15) is 25.4 Å². The van der Waals surface area contributed by atoms with E-state index in [0.29, 0.717) is 0 Å². The highest BCUT2D eigenvalue weighted by molar-refractivity contribution is 7.54. The van der Waals surface area contributed by atoms with Gasteiger partial charge < -0.3 is 55.1 Å². The van der Waals surface area contributed by atoms with Crippen molar-refractivity contribution in [1.82, 2.24) is 0 Å². The van der Waals surface area contributed by atoms with Crippen LogP contribution in [0.15, 0.2) is 0 Å². The molecule has 0 unspecified atom stereocenters. The summed E-state index contributed by atoms with van der Waals surface area (Å²) < 4.78 is 104. The fourth-order valence-corrected chi connectivity index (χ4v) is 5.25. The Balaban J connectivity index is -0.000000269. The molecular weight excluding hydrogens is 716 g/mol. The first kappa shape index (κ1) is 55.2. The Morgan fingerprint density at radius 2 is 0.458 bits per heavy atom. The van der Waals surface area contributed by atoms with Crippen molar-refractivity contribution in [1.29, 1.82) is 0 Å². The molecule has 4 atom stereocenters. The van der Waals surface area contributed by atoms with Crippen LogP contribution in [0, 0.1) is 0 Å². The van der Waals surface area contributed by atoms with Crippen molar-refractivity contribution >= 4 is 30.4 Å². The first-order chi connectivity index (χ1) is 22.3. The molecule has 0 bridgehead atoms. The number of hydrogen-bond donors (Lipinski definition) is 0. The van der Waals surface area contributed by atoms with Crippen LogP contribution in [0.3, 0.4) is 0 Å². The van der Waals surface area contributed by atoms with Crippen molar-refractivity contribution in [3.05, 3.63) is 0 Å². The van der Waals surface area contributed by atoms with Crippen LogP contribution in [0.4, 0.5) is 0 Å². The summed E-state index contributed by atoms with van der Waals surface area (Å²) in [6, 6.07) is 0. The average Bonchev–Trinajstić information content (AvgIpc) is 3.13. The molecule has 0 radical (unpaired) electrons. The Bertz CT molecular complexity index is 750. The van der Waals surface area contributed by atoms with Gasteiger partial charge in [-0.15, -0.1) is 0 Å². The van der Waals surface area contributed by atoms with E-state index in [-0.39, 0.29) is 49.8 Å². The van der Waals surface area contributed by atoms with Gasteiger partial charge in [-0.2, -0.15) is 0 Å². The Kier molecular flexibility index (Phi) is 36.9. The number of ether oxygens (including phenoxy) is 4. The second-order valence-electron chi connectivity index (χ2n) is 9.96. The van der Waals surface area contributed by atoms with Gasteiger partial charge >= 0.3 is 30.4 Å². The third-order valence-corrected chi connectivity index (χ3v) is 12.9. The van der Waals surface area contributed by atoms with Crippen LogP contribution >= 0.6 is 30.4 Å². The number of rotatable bonds is 24. The summed E-state index contributed by atoms with van der Waals surface area (Å²) in [6.45, 7) is 15.6. The summed E-state index contributed by atoms with van der Waals surface area (Å²) in [5, 5.41) is 0. The summed E-state index contributed by atoms with van der Waals surface area (Å²) in [5.74, 6) is 0. The lowest BCUT2D eigenvalue weighted by Gasteiger charge is -2.16. The quantitative estimate of drug-likeness (QED) is 0.0846. The van der Waals surface area contributed by atoms with E-state index >= 15 is 0 Å². The Labute approximate surface area is 291 Å². The molecule has 16 nitrogen and oxygen atoms in total. The summed E-state index contributed by atoms with van der Waals surface area (Å²) in [7, 11) is -1.07. The van der Waals surface area contributed by atoms with Crippen LogP contribution < -0.4 is 0 Å². The maximum absolute atomic E-state index is 11.4. The van der Waals surface area contributed by atoms with Gasteiger partial charge in [-0.05, 0) is 53.4 Å². The maximum Gasteiger partial charge on any atom is 0.355 e. The molecule has 0 rings (SSSR count). The Morgan fingerprint density at radius 3 is 0.542 bits per heavy atom. The lowest BCUT2D eigenvalue weighted by molar-refractivity contribution is 0.0806. The van der Waals surface area contributed by atoms with Crippen LogP contribution in [-0.4, -0.2) is 107 Å². The van der Waals surface area contributed by atoms with Gasteiger partial charge in [0.15, 0.2) is 0 Å². The normalized spacial score (nSPS) is 14.7. The summed E-state index contributed by atoms with van der Waals surface area (Å²) >= 11 is 0. The predicted octanol–water partition coefficient (Wildman–Crippen LogP) is 8.98. The first-order valence-corrected chi connectivity index (χ1v) is 22.5. The third-order valence-electron chi connectivity index (χ3n) is 6.59. The van der Waals surface area contributed by atoms with Crippen molar-refractivity contribution in [2.75, 3.05) is 82.3 Å². The molecule has 0 aromatic rings. The smallest absolute Gasteiger partial charge is 0.355 e. The summed E-state index contributed by atoms with van der Waals surface area (Å²) in [6.07, 6.45) is 3.97. The highest BCUT2D eigenvalue weighted by Crippen LogP contribution is 2.48. The topological polar surface area (TPSA) is 179 Å². The molecule has 48 heavy (non-hydrogen) atoms. The molecule has 0 spiro atoms. The zero-order valence-electron chi connectivity index (χ0n) is 32.3. The number of hydrogen-bond acceptors (Lipinski definition) is 16. The van der Waals surface area contributed by atoms with Crippen LogP contribution in [-0.2, 0) is 73.4 Å². The van der Waals surface area contributed by atoms with Crippen molar-refractivity contribution in [3.63, 3.8) is 0 Å². The zero-order chi connectivity index (χ0) is 38.5. The molecule has 0 N–H and O–H groups in total. The molecule has 0 aliphatic heterocycles.